The first kappa shape index (κ1) is 11.0. The molecule has 86 valence electrons. The van der Waals surface area contributed by atoms with Crippen LogP contribution in [0.1, 0.15) is 0 Å². The number of likely N-dealkylation sites (N-methyl/N-ethyl adjacent to an activating group) is 1. The van der Waals surface area contributed by atoms with Gasteiger partial charge in [-0.15, -0.1) is 0 Å². The number of carbonyl (C=O) groups excluding carboxylic acids is 1. The van der Waals surface area contributed by atoms with Crippen LogP contribution in [0, 0.1) is 0 Å². The van der Waals surface area contributed by atoms with Gasteiger partial charge in [0.15, 0.2) is 0 Å². The number of anilines is 1. The number of nitrogens with one attached hydrogen (secondary N) is 2. The lowest BCUT2D eigenvalue weighted by Gasteiger charge is -2.31. The van der Waals surface area contributed by atoms with Crippen LogP contribution in [0.5, 0.6) is 0 Å². The van der Waals surface area contributed by atoms with Gasteiger partial charge in [0, 0.05) is 37.7 Å². The molecule has 1 atom stereocenters. The Balaban J connectivity index is 1.97. The van der Waals surface area contributed by atoms with Gasteiger partial charge in [0.2, 0.25) is 5.91 Å². The minimum atomic E-state index is -0.0954. The Morgan fingerprint density at radius 3 is 3.00 bits per heavy atom. The number of hydrogen-bond acceptors (Lipinski definition) is 4. The molecule has 0 radical (unpaired) electrons. The van der Waals surface area contributed by atoms with Crippen LogP contribution in [0.2, 0.25) is 0 Å². The van der Waals surface area contributed by atoms with Crippen molar-refractivity contribution in [1.82, 2.24) is 15.2 Å². The van der Waals surface area contributed by atoms with Crippen molar-refractivity contribution in [2.24, 2.45) is 0 Å². The van der Waals surface area contributed by atoms with Crippen molar-refractivity contribution in [2.45, 2.75) is 6.04 Å². The number of piperazine rings is 1. The number of aromatic nitrogens is 1. The molecular weight excluding hydrogens is 204 g/mol. The molecule has 1 aliphatic heterocycles. The molecule has 5 heteroatoms. The summed E-state index contributed by atoms with van der Waals surface area (Å²) in [4.78, 5) is 17.9. The zero-order valence-corrected chi connectivity index (χ0v) is 9.31. The van der Waals surface area contributed by atoms with E-state index in [-0.39, 0.29) is 11.9 Å². The fourth-order valence-corrected chi connectivity index (χ4v) is 1.76. The standard InChI is InChI=1S/C11H16N4O/c1-15-7-6-13-8-10(15)11(16)14-9-2-4-12-5-3-9/h2-5,10,13H,6-8H2,1H3,(H,12,14,16). The van der Waals surface area contributed by atoms with Crippen molar-refractivity contribution in [1.29, 1.82) is 0 Å². The highest BCUT2D eigenvalue weighted by Gasteiger charge is 2.25. The Morgan fingerprint density at radius 1 is 1.56 bits per heavy atom. The Hall–Kier alpha value is -1.46. The first-order valence-electron chi connectivity index (χ1n) is 5.39. The maximum atomic E-state index is 12.0. The third kappa shape index (κ3) is 2.56. The zero-order valence-electron chi connectivity index (χ0n) is 9.31. The summed E-state index contributed by atoms with van der Waals surface area (Å²) < 4.78 is 0. The lowest BCUT2D eigenvalue weighted by atomic mass is 10.2. The third-order valence-electron chi connectivity index (χ3n) is 2.76. The van der Waals surface area contributed by atoms with Gasteiger partial charge in [-0.05, 0) is 19.2 Å². The maximum absolute atomic E-state index is 12.0. The van der Waals surface area contributed by atoms with E-state index in [0.717, 1.165) is 18.8 Å². The summed E-state index contributed by atoms with van der Waals surface area (Å²) in [5.41, 5.74) is 0.791. The first-order chi connectivity index (χ1) is 7.77. The second-order valence-electron chi connectivity index (χ2n) is 3.93. The summed E-state index contributed by atoms with van der Waals surface area (Å²) in [5.74, 6) is 0.0286. The van der Waals surface area contributed by atoms with Crippen molar-refractivity contribution >= 4 is 11.6 Å². The second-order valence-corrected chi connectivity index (χ2v) is 3.93. The van der Waals surface area contributed by atoms with E-state index in [0.29, 0.717) is 6.54 Å². The molecule has 0 spiro atoms. The van der Waals surface area contributed by atoms with Crippen LogP contribution >= 0.6 is 0 Å². The van der Waals surface area contributed by atoms with Crippen LogP contribution in [0.4, 0.5) is 5.69 Å². The number of amides is 1. The summed E-state index contributed by atoms with van der Waals surface area (Å²) in [5, 5.41) is 6.10. The largest absolute Gasteiger partial charge is 0.325 e. The monoisotopic (exact) mass is 220 g/mol. The number of hydrogen-bond donors (Lipinski definition) is 2. The Morgan fingerprint density at radius 2 is 2.31 bits per heavy atom. The summed E-state index contributed by atoms with van der Waals surface area (Å²) in [6.45, 7) is 2.54. The summed E-state index contributed by atoms with van der Waals surface area (Å²) in [6, 6.07) is 3.48. The molecule has 2 heterocycles. The van der Waals surface area contributed by atoms with Crippen molar-refractivity contribution in [3.8, 4) is 0 Å². The molecular formula is C11H16N4O. The molecule has 0 saturated carbocycles. The molecule has 5 nitrogen and oxygen atoms in total. The van der Waals surface area contributed by atoms with Crippen LogP contribution in [0.15, 0.2) is 24.5 Å². The Kier molecular flexibility index (Phi) is 3.48. The van der Waals surface area contributed by atoms with Gasteiger partial charge >= 0.3 is 0 Å². The van der Waals surface area contributed by atoms with Gasteiger partial charge < -0.3 is 10.6 Å². The fraction of sp³-hybridized carbons (Fsp3) is 0.455. The van der Waals surface area contributed by atoms with E-state index in [1.807, 2.05) is 7.05 Å². The second kappa shape index (κ2) is 5.05. The number of carbonyl (C=O) groups is 1. The van der Waals surface area contributed by atoms with Crippen LogP contribution < -0.4 is 10.6 Å². The lowest BCUT2D eigenvalue weighted by Crippen LogP contribution is -2.54. The average Bonchev–Trinajstić information content (AvgIpc) is 2.31. The first-order valence-corrected chi connectivity index (χ1v) is 5.39. The predicted molar refractivity (Wildman–Crippen MR) is 62.2 cm³/mol. The van der Waals surface area contributed by atoms with Crippen molar-refractivity contribution in [3.05, 3.63) is 24.5 Å². The number of pyridine rings is 1. The van der Waals surface area contributed by atoms with Gasteiger partial charge in [0.05, 0.1) is 0 Å². The van der Waals surface area contributed by atoms with Crippen LogP contribution in [-0.4, -0.2) is 48.5 Å². The minimum absolute atomic E-state index is 0.0286. The highest BCUT2D eigenvalue weighted by atomic mass is 16.2. The molecule has 0 aliphatic carbocycles. The highest BCUT2D eigenvalue weighted by Crippen LogP contribution is 2.07. The SMILES string of the molecule is CN1CCNCC1C(=O)Nc1ccncc1. The molecule has 2 rings (SSSR count). The van der Waals surface area contributed by atoms with E-state index in [4.69, 9.17) is 0 Å². The molecule has 1 aromatic rings. The summed E-state index contributed by atoms with van der Waals surface area (Å²) >= 11 is 0. The molecule has 0 aromatic carbocycles. The molecule has 1 amide bonds. The fourth-order valence-electron chi connectivity index (χ4n) is 1.76. The quantitative estimate of drug-likeness (QED) is 0.732. The third-order valence-corrected chi connectivity index (χ3v) is 2.76. The molecule has 1 fully saturated rings. The summed E-state index contributed by atoms with van der Waals surface area (Å²) in [6.07, 6.45) is 3.33. The zero-order chi connectivity index (χ0) is 11.4. The van der Waals surface area contributed by atoms with E-state index in [1.54, 1.807) is 24.5 Å². The topological polar surface area (TPSA) is 57.3 Å². The average molecular weight is 220 g/mol. The minimum Gasteiger partial charge on any atom is -0.325 e. The Bertz CT molecular complexity index is 354. The molecule has 1 aromatic heterocycles. The van der Waals surface area contributed by atoms with Crippen molar-refractivity contribution in [3.63, 3.8) is 0 Å². The molecule has 2 N–H and O–H groups in total. The van der Waals surface area contributed by atoms with Gasteiger partial charge in [0.1, 0.15) is 6.04 Å². The van der Waals surface area contributed by atoms with Crippen LogP contribution in [0.25, 0.3) is 0 Å². The molecule has 16 heavy (non-hydrogen) atoms. The molecule has 1 aliphatic rings. The van der Waals surface area contributed by atoms with Gasteiger partial charge in [-0.3, -0.25) is 14.7 Å². The lowest BCUT2D eigenvalue weighted by molar-refractivity contribution is -0.121. The van der Waals surface area contributed by atoms with Crippen LogP contribution in [0.3, 0.4) is 0 Å². The smallest absolute Gasteiger partial charge is 0.243 e. The Labute approximate surface area is 94.9 Å². The maximum Gasteiger partial charge on any atom is 0.243 e. The van der Waals surface area contributed by atoms with E-state index < -0.39 is 0 Å². The van der Waals surface area contributed by atoms with E-state index in [9.17, 15) is 4.79 Å². The van der Waals surface area contributed by atoms with Gasteiger partial charge in [-0.2, -0.15) is 0 Å². The van der Waals surface area contributed by atoms with E-state index >= 15 is 0 Å². The molecule has 1 unspecified atom stereocenters. The van der Waals surface area contributed by atoms with Gasteiger partial charge in [-0.25, -0.2) is 0 Å². The van der Waals surface area contributed by atoms with Crippen LogP contribution in [-0.2, 0) is 4.79 Å². The van der Waals surface area contributed by atoms with Crippen molar-refractivity contribution in [2.75, 3.05) is 32.0 Å². The normalized spacial score (nSPS) is 21.7. The predicted octanol–water partition coefficient (Wildman–Crippen LogP) is -0.0763. The summed E-state index contributed by atoms with van der Waals surface area (Å²) in [7, 11) is 1.97. The van der Waals surface area contributed by atoms with Gasteiger partial charge in [-0.1, -0.05) is 0 Å². The van der Waals surface area contributed by atoms with E-state index in [1.165, 1.54) is 0 Å². The van der Waals surface area contributed by atoms with Gasteiger partial charge in [0.25, 0.3) is 0 Å². The molecule has 0 bridgehead atoms. The highest BCUT2D eigenvalue weighted by molar-refractivity contribution is 5.95. The molecule has 1 saturated heterocycles. The van der Waals surface area contributed by atoms with Crippen molar-refractivity contribution < 1.29 is 4.79 Å². The van der Waals surface area contributed by atoms with E-state index in [2.05, 4.69) is 20.5 Å². The number of nitrogens with zero attached hydrogens (tertiary/aromatic N) is 2. The number of rotatable bonds is 2.